The van der Waals surface area contributed by atoms with Crippen LogP contribution in [0, 0.1) is 0 Å². The number of amides is 2. The number of rotatable bonds is 5. The molecule has 0 aromatic heterocycles. The van der Waals surface area contributed by atoms with Crippen LogP contribution >= 0.6 is 12.4 Å². The molecule has 2 rings (SSSR count). The first-order chi connectivity index (χ1) is 9.77. The number of halogens is 1. The van der Waals surface area contributed by atoms with Crippen molar-refractivity contribution >= 4 is 24.2 Å². The van der Waals surface area contributed by atoms with Gasteiger partial charge in [0.2, 0.25) is 0 Å². The van der Waals surface area contributed by atoms with E-state index in [2.05, 4.69) is 16.0 Å². The molecule has 0 spiro atoms. The van der Waals surface area contributed by atoms with E-state index in [4.69, 9.17) is 4.74 Å². The van der Waals surface area contributed by atoms with E-state index in [1.54, 1.807) is 12.1 Å². The molecule has 2 amide bonds. The first kappa shape index (κ1) is 17.4. The van der Waals surface area contributed by atoms with Crippen molar-refractivity contribution in [1.82, 2.24) is 16.0 Å². The number of nitrogens with one attached hydrogen (secondary N) is 3. The highest BCUT2D eigenvalue weighted by atomic mass is 35.5. The molecular formula is C14H20ClN3O3. The van der Waals surface area contributed by atoms with Crippen molar-refractivity contribution in [2.24, 2.45) is 0 Å². The summed E-state index contributed by atoms with van der Waals surface area (Å²) in [4.78, 5) is 23.5. The van der Waals surface area contributed by atoms with Gasteiger partial charge in [-0.25, -0.2) is 0 Å². The topological polar surface area (TPSA) is 79.5 Å². The number of carbonyl (C=O) groups excluding carboxylic acids is 2. The number of hydrogen-bond donors (Lipinski definition) is 3. The summed E-state index contributed by atoms with van der Waals surface area (Å²) in [6.45, 7) is 2.62. The average molecular weight is 314 g/mol. The third kappa shape index (κ3) is 5.71. The van der Waals surface area contributed by atoms with Crippen LogP contribution in [-0.2, 0) is 9.53 Å². The molecule has 116 valence electrons. The highest BCUT2D eigenvalue weighted by Gasteiger charge is 2.20. The Hall–Kier alpha value is -1.63. The van der Waals surface area contributed by atoms with E-state index < -0.39 is 6.10 Å². The highest BCUT2D eigenvalue weighted by molar-refractivity contribution is 5.94. The third-order valence-electron chi connectivity index (χ3n) is 2.97. The fraction of sp³-hybridized carbons (Fsp3) is 0.429. The quantitative estimate of drug-likeness (QED) is 0.666. The highest BCUT2D eigenvalue weighted by Crippen LogP contribution is 1.97. The Labute approximate surface area is 130 Å². The van der Waals surface area contributed by atoms with Gasteiger partial charge in [-0.1, -0.05) is 18.2 Å². The fourth-order valence-corrected chi connectivity index (χ4v) is 1.90. The van der Waals surface area contributed by atoms with E-state index in [9.17, 15) is 9.59 Å². The summed E-state index contributed by atoms with van der Waals surface area (Å²) in [6.07, 6.45) is -0.437. The predicted molar refractivity (Wildman–Crippen MR) is 81.6 cm³/mol. The Bertz CT molecular complexity index is 450. The molecule has 1 fully saturated rings. The molecule has 21 heavy (non-hydrogen) atoms. The minimum atomic E-state index is -0.437. The summed E-state index contributed by atoms with van der Waals surface area (Å²) in [6, 6.07) is 8.97. The van der Waals surface area contributed by atoms with Crippen LogP contribution in [0.25, 0.3) is 0 Å². The Morgan fingerprint density at radius 1 is 1.19 bits per heavy atom. The van der Waals surface area contributed by atoms with Gasteiger partial charge in [0.05, 0.1) is 6.61 Å². The maximum absolute atomic E-state index is 11.7. The molecule has 1 unspecified atom stereocenters. The summed E-state index contributed by atoms with van der Waals surface area (Å²) in [5.41, 5.74) is 0.610. The normalized spacial score (nSPS) is 17.4. The summed E-state index contributed by atoms with van der Waals surface area (Å²) < 4.78 is 5.33. The Kier molecular flexibility index (Phi) is 7.74. The Balaban J connectivity index is 0.00000220. The van der Waals surface area contributed by atoms with Gasteiger partial charge in [0.15, 0.2) is 0 Å². The summed E-state index contributed by atoms with van der Waals surface area (Å²) in [5.74, 6) is -0.290. The average Bonchev–Trinajstić information content (AvgIpc) is 2.53. The van der Waals surface area contributed by atoms with Gasteiger partial charge in [-0.05, 0) is 12.1 Å². The van der Waals surface area contributed by atoms with E-state index in [1.807, 2.05) is 18.2 Å². The lowest BCUT2D eigenvalue weighted by Crippen LogP contribution is -2.49. The maximum Gasteiger partial charge on any atom is 0.251 e. The van der Waals surface area contributed by atoms with E-state index in [-0.39, 0.29) is 24.2 Å². The molecule has 6 nitrogen and oxygen atoms in total. The van der Waals surface area contributed by atoms with Crippen molar-refractivity contribution in [2.45, 2.75) is 6.10 Å². The van der Waals surface area contributed by atoms with E-state index in [1.165, 1.54) is 0 Å². The molecule has 1 saturated heterocycles. The van der Waals surface area contributed by atoms with Gasteiger partial charge in [0.1, 0.15) is 6.10 Å². The van der Waals surface area contributed by atoms with Gasteiger partial charge in [0, 0.05) is 31.7 Å². The van der Waals surface area contributed by atoms with Crippen LogP contribution in [0.2, 0.25) is 0 Å². The van der Waals surface area contributed by atoms with E-state index in [0.29, 0.717) is 31.8 Å². The van der Waals surface area contributed by atoms with Crippen molar-refractivity contribution in [3.8, 4) is 0 Å². The molecule has 1 aliphatic rings. The van der Waals surface area contributed by atoms with E-state index >= 15 is 0 Å². The van der Waals surface area contributed by atoms with Crippen molar-refractivity contribution in [3.63, 3.8) is 0 Å². The molecule has 1 heterocycles. The van der Waals surface area contributed by atoms with Crippen molar-refractivity contribution in [3.05, 3.63) is 35.9 Å². The second kappa shape index (κ2) is 9.33. The second-order valence-corrected chi connectivity index (χ2v) is 4.48. The first-order valence-corrected chi connectivity index (χ1v) is 6.70. The van der Waals surface area contributed by atoms with Crippen LogP contribution in [-0.4, -0.2) is 50.7 Å². The molecule has 1 aliphatic heterocycles. The largest absolute Gasteiger partial charge is 0.366 e. The Morgan fingerprint density at radius 2 is 1.90 bits per heavy atom. The van der Waals surface area contributed by atoms with Crippen LogP contribution in [0.4, 0.5) is 0 Å². The van der Waals surface area contributed by atoms with E-state index in [0.717, 1.165) is 6.54 Å². The molecule has 0 aliphatic carbocycles. The molecule has 0 radical (unpaired) electrons. The van der Waals surface area contributed by atoms with Crippen molar-refractivity contribution in [2.75, 3.05) is 32.8 Å². The first-order valence-electron chi connectivity index (χ1n) is 6.70. The van der Waals surface area contributed by atoms with Crippen LogP contribution < -0.4 is 16.0 Å². The van der Waals surface area contributed by atoms with Crippen molar-refractivity contribution in [1.29, 1.82) is 0 Å². The number of benzene rings is 1. The molecule has 1 atom stereocenters. The maximum atomic E-state index is 11.7. The summed E-state index contributed by atoms with van der Waals surface area (Å²) in [5, 5.41) is 8.58. The lowest BCUT2D eigenvalue weighted by Gasteiger charge is -2.22. The smallest absolute Gasteiger partial charge is 0.251 e. The van der Waals surface area contributed by atoms with Gasteiger partial charge in [0.25, 0.3) is 11.8 Å². The van der Waals surface area contributed by atoms with Crippen LogP contribution in [0.5, 0.6) is 0 Å². The SMILES string of the molecule is Cl.O=C(NCCNC(=O)C1CNCCO1)c1ccccc1. The number of hydrogen-bond acceptors (Lipinski definition) is 4. The van der Waals surface area contributed by atoms with Crippen LogP contribution in [0.3, 0.4) is 0 Å². The summed E-state index contributed by atoms with van der Waals surface area (Å²) in [7, 11) is 0. The second-order valence-electron chi connectivity index (χ2n) is 4.48. The fourth-order valence-electron chi connectivity index (χ4n) is 1.90. The number of morpholine rings is 1. The number of carbonyl (C=O) groups is 2. The minimum absolute atomic E-state index is 0. The molecule has 3 N–H and O–H groups in total. The number of ether oxygens (including phenoxy) is 1. The molecule has 0 bridgehead atoms. The summed E-state index contributed by atoms with van der Waals surface area (Å²) >= 11 is 0. The zero-order chi connectivity index (χ0) is 14.2. The van der Waals surface area contributed by atoms with Crippen molar-refractivity contribution < 1.29 is 14.3 Å². The standard InChI is InChI=1S/C14H19N3O3.ClH/c18-13(11-4-2-1-3-5-11)16-6-7-17-14(19)12-10-15-8-9-20-12;/h1-5,12,15H,6-10H2,(H,16,18)(H,17,19);1H. The molecule has 7 heteroatoms. The van der Waals surface area contributed by atoms with Gasteiger partial charge >= 0.3 is 0 Å². The molecule has 1 aromatic carbocycles. The predicted octanol–water partition coefficient (Wildman–Crippen LogP) is -0.0572. The lowest BCUT2D eigenvalue weighted by molar-refractivity contribution is -0.134. The third-order valence-corrected chi connectivity index (χ3v) is 2.97. The Morgan fingerprint density at radius 3 is 2.57 bits per heavy atom. The molecule has 1 aromatic rings. The monoisotopic (exact) mass is 313 g/mol. The van der Waals surface area contributed by atoms with Crippen LogP contribution in [0.1, 0.15) is 10.4 Å². The molecule has 0 saturated carbocycles. The van der Waals surface area contributed by atoms with Gasteiger partial charge in [-0.3, -0.25) is 9.59 Å². The zero-order valence-corrected chi connectivity index (χ0v) is 12.4. The van der Waals surface area contributed by atoms with Gasteiger partial charge < -0.3 is 20.7 Å². The van der Waals surface area contributed by atoms with Gasteiger partial charge in [-0.15, -0.1) is 12.4 Å². The molecular weight excluding hydrogens is 294 g/mol. The van der Waals surface area contributed by atoms with Crippen LogP contribution in [0.15, 0.2) is 30.3 Å². The minimum Gasteiger partial charge on any atom is -0.366 e. The van der Waals surface area contributed by atoms with Gasteiger partial charge in [-0.2, -0.15) is 0 Å². The lowest BCUT2D eigenvalue weighted by atomic mass is 10.2. The zero-order valence-electron chi connectivity index (χ0n) is 11.6.